The van der Waals surface area contributed by atoms with Crippen LogP contribution in [0.5, 0.6) is 0 Å². The Morgan fingerprint density at radius 1 is 1.37 bits per heavy atom. The number of aliphatic hydroxyl groups is 1. The number of hydrogen-bond donors (Lipinski definition) is 2. The Kier molecular flexibility index (Phi) is 6.48. The van der Waals surface area contributed by atoms with Crippen LogP contribution in [0.4, 0.5) is 0 Å². The van der Waals surface area contributed by atoms with Crippen molar-refractivity contribution < 1.29 is 9.90 Å². The van der Waals surface area contributed by atoms with Gasteiger partial charge in [-0.3, -0.25) is 4.79 Å². The summed E-state index contributed by atoms with van der Waals surface area (Å²) in [4.78, 5) is 11.9. The number of aliphatic hydroxyl groups excluding tert-OH is 1. The number of carbonyl (C=O) groups is 1. The molecule has 0 bridgehead atoms. The van der Waals surface area contributed by atoms with Gasteiger partial charge in [-0.05, 0) is 12.0 Å². The summed E-state index contributed by atoms with van der Waals surface area (Å²) < 4.78 is 0. The van der Waals surface area contributed by atoms with E-state index in [9.17, 15) is 9.90 Å². The minimum atomic E-state index is -0.581. The molecule has 0 saturated carbocycles. The molecule has 0 saturated heterocycles. The largest absolute Gasteiger partial charge is 0.391 e. The minimum absolute atomic E-state index is 0.0149. The van der Waals surface area contributed by atoms with Gasteiger partial charge in [-0.25, -0.2) is 0 Å². The summed E-state index contributed by atoms with van der Waals surface area (Å²) in [5.74, 6) is -0.262. The van der Waals surface area contributed by atoms with Crippen molar-refractivity contribution in [2.75, 3.05) is 6.54 Å². The molecule has 1 aromatic heterocycles. The predicted molar refractivity (Wildman–Crippen MR) is 74.5 cm³/mol. The molecule has 0 aliphatic heterocycles. The maximum Gasteiger partial charge on any atom is 0.254 e. The summed E-state index contributed by atoms with van der Waals surface area (Å²) in [6.45, 7) is 4.17. The van der Waals surface area contributed by atoms with E-state index in [0.717, 1.165) is 12.8 Å². The van der Waals surface area contributed by atoms with Crippen molar-refractivity contribution in [1.82, 2.24) is 15.5 Å². The van der Waals surface area contributed by atoms with E-state index in [1.165, 1.54) is 6.07 Å². The van der Waals surface area contributed by atoms with Crippen LogP contribution < -0.4 is 5.32 Å². The van der Waals surface area contributed by atoms with Gasteiger partial charge < -0.3 is 10.4 Å². The van der Waals surface area contributed by atoms with Gasteiger partial charge in [-0.15, -0.1) is 10.2 Å². The maximum absolute atomic E-state index is 11.9. The van der Waals surface area contributed by atoms with Gasteiger partial charge in [0.25, 0.3) is 5.91 Å². The molecular formula is C12H17Cl2N3O2. The topological polar surface area (TPSA) is 75.1 Å². The van der Waals surface area contributed by atoms with Crippen molar-refractivity contribution >= 4 is 29.1 Å². The van der Waals surface area contributed by atoms with Gasteiger partial charge >= 0.3 is 0 Å². The normalized spacial score (nSPS) is 12.5. The molecule has 7 heteroatoms. The smallest absolute Gasteiger partial charge is 0.254 e. The van der Waals surface area contributed by atoms with Gasteiger partial charge in [0.2, 0.25) is 0 Å². The first-order valence-electron chi connectivity index (χ1n) is 6.14. The highest BCUT2D eigenvalue weighted by atomic mass is 35.5. The first-order valence-corrected chi connectivity index (χ1v) is 6.90. The third-order valence-electron chi connectivity index (χ3n) is 3.03. The second-order valence-corrected chi connectivity index (χ2v) is 4.97. The standard InChI is InChI=1S/C12H17Cl2N3O2/c1-3-7(4-2)9(18)6-15-12(19)8-5-10(13)16-17-11(8)14/h5,7,9,18H,3-4,6H2,1-2H3,(H,15,19). The van der Waals surface area contributed by atoms with Crippen LogP contribution in [-0.2, 0) is 0 Å². The Morgan fingerprint density at radius 2 is 2.00 bits per heavy atom. The van der Waals surface area contributed by atoms with E-state index in [1.807, 2.05) is 13.8 Å². The van der Waals surface area contributed by atoms with Crippen LogP contribution in [0.1, 0.15) is 37.0 Å². The quantitative estimate of drug-likeness (QED) is 0.845. The number of hydrogen-bond acceptors (Lipinski definition) is 4. The molecule has 5 nitrogen and oxygen atoms in total. The molecule has 1 aromatic rings. The Morgan fingerprint density at radius 3 is 2.58 bits per heavy atom. The molecule has 2 N–H and O–H groups in total. The third-order valence-corrected chi connectivity index (χ3v) is 3.49. The average Bonchev–Trinajstić information content (AvgIpc) is 2.40. The lowest BCUT2D eigenvalue weighted by atomic mass is 9.96. The summed E-state index contributed by atoms with van der Waals surface area (Å²) in [7, 11) is 0. The molecule has 0 spiro atoms. The monoisotopic (exact) mass is 305 g/mol. The molecule has 0 aliphatic rings. The Labute approximate surface area is 122 Å². The van der Waals surface area contributed by atoms with Crippen molar-refractivity contribution in [1.29, 1.82) is 0 Å². The van der Waals surface area contributed by atoms with E-state index >= 15 is 0 Å². The number of nitrogens with zero attached hydrogens (tertiary/aromatic N) is 2. The average molecular weight is 306 g/mol. The first-order chi connectivity index (χ1) is 8.99. The summed E-state index contributed by atoms with van der Waals surface area (Å²) >= 11 is 11.4. The number of nitrogens with one attached hydrogen (secondary N) is 1. The third kappa shape index (κ3) is 4.60. The summed E-state index contributed by atoms with van der Waals surface area (Å²) in [6.07, 6.45) is 1.14. The van der Waals surface area contributed by atoms with Crippen molar-refractivity contribution in [3.05, 3.63) is 21.9 Å². The maximum atomic E-state index is 11.9. The lowest BCUT2D eigenvalue weighted by Gasteiger charge is -2.20. The zero-order chi connectivity index (χ0) is 14.4. The van der Waals surface area contributed by atoms with Gasteiger partial charge in [0.15, 0.2) is 10.3 Å². The van der Waals surface area contributed by atoms with E-state index in [1.54, 1.807) is 0 Å². The molecule has 1 unspecified atom stereocenters. The molecule has 0 aromatic carbocycles. The summed E-state index contributed by atoms with van der Waals surface area (Å²) in [5.41, 5.74) is 0.151. The van der Waals surface area contributed by atoms with Crippen LogP contribution in [-0.4, -0.2) is 33.9 Å². The highest BCUT2D eigenvalue weighted by Gasteiger charge is 2.18. The number of carbonyl (C=O) groups excluding carboxylic acids is 1. The second-order valence-electron chi connectivity index (χ2n) is 4.23. The molecule has 0 fully saturated rings. The van der Waals surface area contributed by atoms with Crippen LogP contribution in [0.3, 0.4) is 0 Å². The van der Waals surface area contributed by atoms with Gasteiger partial charge in [-0.1, -0.05) is 49.9 Å². The zero-order valence-electron chi connectivity index (χ0n) is 10.9. The van der Waals surface area contributed by atoms with E-state index in [2.05, 4.69) is 15.5 Å². The highest BCUT2D eigenvalue weighted by molar-refractivity contribution is 6.34. The first kappa shape index (κ1) is 16.1. The Hall–Kier alpha value is -0.910. The number of amides is 1. The zero-order valence-corrected chi connectivity index (χ0v) is 12.4. The van der Waals surface area contributed by atoms with Crippen LogP contribution >= 0.6 is 23.2 Å². The molecule has 0 radical (unpaired) electrons. The molecule has 19 heavy (non-hydrogen) atoms. The fourth-order valence-corrected chi connectivity index (χ4v) is 2.13. The van der Waals surface area contributed by atoms with E-state index in [4.69, 9.17) is 23.2 Å². The fraction of sp³-hybridized carbons (Fsp3) is 0.583. The fourth-order valence-electron chi connectivity index (χ4n) is 1.80. The summed E-state index contributed by atoms with van der Waals surface area (Å²) in [5, 5.41) is 19.7. The summed E-state index contributed by atoms with van der Waals surface area (Å²) in [6, 6.07) is 1.34. The molecule has 1 heterocycles. The Bertz CT molecular complexity index is 439. The molecule has 1 atom stereocenters. The molecule has 106 valence electrons. The van der Waals surface area contributed by atoms with Crippen LogP contribution in [0.2, 0.25) is 10.3 Å². The molecule has 1 rings (SSSR count). The van der Waals surface area contributed by atoms with Crippen molar-refractivity contribution in [3.8, 4) is 0 Å². The Balaban J connectivity index is 2.63. The second kappa shape index (κ2) is 7.62. The van der Waals surface area contributed by atoms with E-state index < -0.39 is 12.0 Å². The molecular weight excluding hydrogens is 289 g/mol. The van der Waals surface area contributed by atoms with Crippen molar-refractivity contribution in [2.45, 2.75) is 32.8 Å². The minimum Gasteiger partial charge on any atom is -0.391 e. The lowest BCUT2D eigenvalue weighted by Crippen LogP contribution is -2.36. The van der Waals surface area contributed by atoms with E-state index in [0.29, 0.717) is 0 Å². The molecule has 0 aliphatic carbocycles. The number of halogens is 2. The predicted octanol–water partition coefficient (Wildman–Crippen LogP) is 2.31. The SMILES string of the molecule is CCC(CC)C(O)CNC(=O)c1cc(Cl)nnc1Cl. The highest BCUT2D eigenvalue weighted by Crippen LogP contribution is 2.16. The number of aromatic nitrogens is 2. The van der Waals surface area contributed by atoms with Crippen LogP contribution in [0.15, 0.2) is 6.07 Å². The van der Waals surface area contributed by atoms with Crippen LogP contribution in [0, 0.1) is 5.92 Å². The molecule has 1 amide bonds. The van der Waals surface area contributed by atoms with E-state index in [-0.39, 0.29) is 28.3 Å². The number of rotatable bonds is 6. The van der Waals surface area contributed by atoms with Crippen molar-refractivity contribution in [2.24, 2.45) is 5.92 Å². The van der Waals surface area contributed by atoms with Gasteiger partial charge in [0.1, 0.15) is 0 Å². The van der Waals surface area contributed by atoms with Crippen molar-refractivity contribution in [3.63, 3.8) is 0 Å². The van der Waals surface area contributed by atoms with Gasteiger partial charge in [-0.2, -0.15) is 0 Å². The van der Waals surface area contributed by atoms with Gasteiger partial charge in [0.05, 0.1) is 11.7 Å². The van der Waals surface area contributed by atoms with Gasteiger partial charge in [0, 0.05) is 6.54 Å². The van der Waals surface area contributed by atoms with Crippen LogP contribution in [0.25, 0.3) is 0 Å². The lowest BCUT2D eigenvalue weighted by molar-refractivity contribution is 0.0816.